The van der Waals surface area contributed by atoms with E-state index in [9.17, 15) is 8.42 Å². The Labute approximate surface area is 96.9 Å². The van der Waals surface area contributed by atoms with E-state index in [1.165, 1.54) is 13.1 Å². The molecule has 0 aromatic heterocycles. The highest BCUT2D eigenvalue weighted by Gasteiger charge is 2.19. The molecule has 1 aromatic carbocycles. The fourth-order valence-electron chi connectivity index (χ4n) is 1.51. The molecule has 1 aromatic rings. The molecule has 0 atom stereocenters. The summed E-state index contributed by atoms with van der Waals surface area (Å²) in [5.41, 5.74) is 7.23. The molecular formula is C11H18N2O2S. The Morgan fingerprint density at radius 3 is 2.19 bits per heavy atom. The first kappa shape index (κ1) is 13.0. The quantitative estimate of drug-likeness (QED) is 0.771. The number of hydrogen-bond acceptors (Lipinski definition) is 3. The van der Waals surface area contributed by atoms with Crippen molar-refractivity contribution in [3.05, 3.63) is 23.8 Å². The highest BCUT2D eigenvalue weighted by atomic mass is 32.2. The van der Waals surface area contributed by atoms with E-state index in [4.69, 9.17) is 5.73 Å². The highest BCUT2D eigenvalue weighted by Crippen LogP contribution is 2.29. The van der Waals surface area contributed by atoms with Gasteiger partial charge in [0.05, 0.1) is 4.90 Å². The SMILES string of the molecule is CNS(=O)(=O)c1ccc(C(C)(C)C)c(N)c1. The highest BCUT2D eigenvalue weighted by molar-refractivity contribution is 7.89. The monoisotopic (exact) mass is 242 g/mol. The van der Waals surface area contributed by atoms with Crippen molar-refractivity contribution in [2.75, 3.05) is 12.8 Å². The van der Waals surface area contributed by atoms with Crippen LogP contribution in [0.3, 0.4) is 0 Å². The molecule has 0 fully saturated rings. The van der Waals surface area contributed by atoms with Crippen molar-refractivity contribution in [1.29, 1.82) is 0 Å². The summed E-state index contributed by atoms with van der Waals surface area (Å²) in [7, 11) is -2.03. The molecule has 0 bridgehead atoms. The average molecular weight is 242 g/mol. The average Bonchev–Trinajstić information content (AvgIpc) is 2.15. The maximum absolute atomic E-state index is 11.5. The van der Waals surface area contributed by atoms with Gasteiger partial charge in [-0.3, -0.25) is 0 Å². The summed E-state index contributed by atoms with van der Waals surface area (Å²) in [6.07, 6.45) is 0. The normalized spacial score (nSPS) is 12.8. The molecule has 90 valence electrons. The molecule has 0 aliphatic rings. The van der Waals surface area contributed by atoms with Crippen molar-refractivity contribution in [2.24, 2.45) is 0 Å². The van der Waals surface area contributed by atoms with Gasteiger partial charge in [-0.1, -0.05) is 26.8 Å². The number of rotatable bonds is 2. The molecule has 0 spiro atoms. The van der Waals surface area contributed by atoms with Gasteiger partial charge >= 0.3 is 0 Å². The fourth-order valence-corrected chi connectivity index (χ4v) is 2.27. The van der Waals surface area contributed by atoms with Crippen molar-refractivity contribution in [3.8, 4) is 0 Å². The first-order valence-electron chi connectivity index (χ1n) is 5.02. The minimum absolute atomic E-state index is 0.0913. The molecule has 1 rings (SSSR count). The third-order valence-electron chi connectivity index (χ3n) is 2.41. The predicted molar refractivity (Wildman–Crippen MR) is 65.8 cm³/mol. The predicted octanol–water partition coefficient (Wildman–Crippen LogP) is 1.47. The lowest BCUT2D eigenvalue weighted by Crippen LogP contribution is -2.20. The number of hydrogen-bond donors (Lipinski definition) is 2. The molecule has 0 aliphatic carbocycles. The molecule has 4 nitrogen and oxygen atoms in total. The van der Waals surface area contributed by atoms with Crippen molar-refractivity contribution >= 4 is 15.7 Å². The van der Waals surface area contributed by atoms with Crippen molar-refractivity contribution < 1.29 is 8.42 Å². The third-order valence-corrected chi connectivity index (χ3v) is 3.82. The largest absolute Gasteiger partial charge is 0.398 e. The Hall–Kier alpha value is -1.07. The molecule has 3 N–H and O–H groups in total. The van der Waals surface area contributed by atoms with Gasteiger partial charge in [-0.15, -0.1) is 0 Å². The number of sulfonamides is 1. The maximum atomic E-state index is 11.5. The second-order valence-electron chi connectivity index (χ2n) is 4.71. The van der Waals surface area contributed by atoms with E-state index in [0.29, 0.717) is 5.69 Å². The molecule has 0 amide bonds. The van der Waals surface area contributed by atoms with Crippen LogP contribution in [0.2, 0.25) is 0 Å². The Morgan fingerprint density at radius 2 is 1.81 bits per heavy atom. The fraction of sp³-hybridized carbons (Fsp3) is 0.455. The van der Waals surface area contributed by atoms with Crippen LogP contribution < -0.4 is 10.5 Å². The van der Waals surface area contributed by atoms with E-state index in [1.807, 2.05) is 20.8 Å². The van der Waals surface area contributed by atoms with E-state index >= 15 is 0 Å². The number of anilines is 1. The molecule has 0 radical (unpaired) electrons. The summed E-state index contributed by atoms with van der Waals surface area (Å²) >= 11 is 0. The van der Waals surface area contributed by atoms with E-state index in [-0.39, 0.29) is 10.3 Å². The van der Waals surface area contributed by atoms with Gasteiger partial charge in [-0.05, 0) is 30.2 Å². The molecule has 0 saturated heterocycles. The van der Waals surface area contributed by atoms with Gasteiger partial charge in [-0.25, -0.2) is 13.1 Å². The summed E-state index contributed by atoms with van der Waals surface area (Å²) < 4.78 is 25.4. The lowest BCUT2D eigenvalue weighted by Gasteiger charge is -2.21. The summed E-state index contributed by atoms with van der Waals surface area (Å²) in [4.78, 5) is 0.195. The van der Waals surface area contributed by atoms with E-state index in [0.717, 1.165) is 5.56 Å². The lowest BCUT2D eigenvalue weighted by molar-refractivity contribution is 0.584. The van der Waals surface area contributed by atoms with Crippen LogP contribution in [-0.2, 0) is 15.4 Å². The second-order valence-corrected chi connectivity index (χ2v) is 6.59. The maximum Gasteiger partial charge on any atom is 0.240 e. The Bertz CT molecular complexity index is 487. The standard InChI is InChI=1S/C11H18N2O2S/c1-11(2,3)9-6-5-8(7-10(9)12)16(14,15)13-4/h5-7,13H,12H2,1-4H3. The van der Waals surface area contributed by atoms with Crippen LogP contribution in [0, 0.1) is 0 Å². The van der Waals surface area contributed by atoms with Crippen LogP contribution in [0.4, 0.5) is 5.69 Å². The summed E-state index contributed by atoms with van der Waals surface area (Å²) in [6.45, 7) is 6.10. The zero-order valence-electron chi connectivity index (χ0n) is 10.0. The molecular weight excluding hydrogens is 224 g/mol. The minimum atomic E-state index is -3.41. The molecule has 16 heavy (non-hydrogen) atoms. The smallest absolute Gasteiger partial charge is 0.240 e. The van der Waals surface area contributed by atoms with Gasteiger partial charge in [0.1, 0.15) is 0 Å². The summed E-state index contributed by atoms with van der Waals surface area (Å²) in [6, 6.07) is 4.83. The molecule has 5 heteroatoms. The van der Waals surface area contributed by atoms with Gasteiger partial charge in [0.2, 0.25) is 10.0 Å². The Balaban J connectivity index is 3.31. The zero-order valence-corrected chi connectivity index (χ0v) is 10.9. The van der Waals surface area contributed by atoms with Crippen LogP contribution in [0.1, 0.15) is 26.3 Å². The van der Waals surface area contributed by atoms with Crippen LogP contribution in [-0.4, -0.2) is 15.5 Å². The van der Waals surface area contributed by atoms with Crippen LogP contribution in [0.5, 0.6) is 0 Å². The number of benzene rings is 1. The van der Waals surface area contributed by atoms with E-state index in [1.54, 1.807) is 12.1 Å². The Kier molecular flexibility index (Phi) is 3.30. The lowest BCUT2D eigenvalue weighted by atomic mass is 9.86. The first-order valence-corrected chi connectivity index (χ1v) is 6.50. The van der Waals surface area contributed by atoms with Crippen LogP contribution >= 0.6 is 0 Å². The van der Waals surface area contributed by atoms with Gasteiger partial charge in [0, 0.05) is 5.69 Å². The minimum Gasteiger partial charge on any atom is -0.398 e. The zero-order chi connectivity index (χ0) is 12.6. The summed E-state index contributed by atoms with van der Waals surface area (Å²) in [5, 5.41) is 0. The van der Waals surface area contributed by atoms with Crippen LogP contribution in [0.25, 0.3) is 0 Å². The number of nitrogen functional groups attached to an aromatic ring is 1. The summed E-state index contributed by atoms with van der Waals surface area (Å²) in [5.74, 6) is 0. The van der Waals surface area contributed by atoms with Crippen LogP contribution in [0.15, 0.2) is 23.1 Å². The second kappa shape index (κ2) is 4.07. The van der Waals surface area contributed by atoms with E-state index in [2.05, 4.69) is 4.72 Å². The van der Waals surface area contributed by atoms with Gasteiger partial charge in [0.15, 0.2) is 0 Å². The molecule has 0 saturated carbocycles. The van der Waals surface area contributed by atoms with Crippen molar-refractivity contribution in [1.82, 2.24) is 4.72 Å². The number of nitrogens with one attached hydrogen (secondary N) is 1. The number of nitrogens with two attached hydrogens (primary N) is 1. The topological polar surface area (TPSA) is 72.2 Å². The van der Waals surface area contributed by atoms with Gasteiger partial charge in [-0.2, -0.15) is 0 Å². The Morgan fingerprint density at radius 1 is 1.25 bits per heavy atom. The van der Waals surface area contributed by atoms with Gasteiger partial charge in [0.25, 0.3) is 0 Å². The van der Waals surface area contributed by atoms with Crippen molar-refractivity contribution in [3.63, 3.8) is 0 Å². The molecule has 0 unspecified atom stereocenters. The van der Waals surface area contributed by atoms with E-state index < -0.39 is 10.0 Å². The van der Waals surface area contributed by atoms with Gasteiger partial charge < -0.3 is 5.73 Å². The third kappa shape index (κ3) is 2.54. The first-order chi connectivity index (χ1) is 7.18. The van der Waals surface area contributed by atoms with Crippen molar-refractivity contribution in [2.45, 2.75) is 31.1 Å². The molecule has 0 aliphatic heterocycles. The molecule has 0 heterocycles.